The summed E-state index contributed by atoms with van der Waals surface area (Å²) < 4.78 is 0. The molecule has 0 N–H and O–H groups in total. The van der Waals surface area contributed by atoms with E-state index in [0.29, 0.717) is 0 Å². The van der Waals surface area contributed by atoms with Gasteiger partial charge in [0.15, 0.2) is 0 Å². The first-order valence-electron chi connectivity index (χ1n) is 5.22. The van der Waals surface area contributed by atoms with Gasteiger partial charge in [-0.05, 0) is 27.7 Å². The van der Waals surface area contributed by atoms with Gasteiger partial charge in [0.05, 0.1) is 12.1 Å². The lowest BCUT2D eigenvalue weighted by Crippen LogP contribution is -2.16. The van der Waals surface area contributed by atoms with Crippen LogP contribution in [0.5, 0.6) is 0 Å². The number of rotatable bonds is 7. The van der Waals surface area contributed by atoms with Crippen molar-refractivity contribution < 1.29 is 0 Å². The summed E-state index contributed by atoms with van der Waals surface area (Å²) in [6, 6.07) is -1.03. The van der Waals surface area contributed by atoms with Crippen LogP contribution in [0.15, 0.2) is 20.3 Å². The molecule has 6 heteroatoms. The zero-order valence-electron chi connectivity index (χ0n) is 10.1. The lowest BCUT2D eigenvalue weighted by Gasteiger charge is -2.07. The van der Waals surface area contributed by atoms with E-state index in [-0.39, 0.29) is 24.2 Å². The molecular weight excluding hydrogens is 208 g/mol. The van der Waals surface area contributed by atoms with E-state index in [1.54, 1.807) is 27.7 Å². The summed E-state index contributed by atoms with van der Waals surface area (Å²) in [5.41, 5.74) is 0. The molecule has 4 unspecified atom stereocenters. The van der Waals surface area contributed by atoms with Crippen molar-refractivity contribution in [3.63, 3.8) is 0 Å². The van der Waals surface area contributed by atoms with Crippen LogP contribution in [0.4, 0.5) is 0 Å². The van der Waals surface area contributed by atoms with Gasteiger partial charge in [0.2, 0.25) is 0 Å². The molecule has 0 fully saturated rings. The predicted octanol–water partition coefficient (Wildman–Crippen LogP) is 2.21. The van der Waals surface area contributed by atoms with Gasteiger partial charge in [-0.25, -0.2) is 0 Å². The van der Waals surface area contributed by atoms with Gasteiger partial charge in [-0.15, -0.1) is 0 Å². The van der Waals surface area contributed by atoms with E-state index in [4.69, 9.17) is 0 Å². The fraction of sp³-hybridized carbons (Fsp3) is 0.800. The molecule has 0 spiro atoms. The van der Waals surface area contributed by atoms with E-state index in [9.17, 15) is 9.81 Å². The molecule has 0 aromatic rings. The topological polar surface area (TPSA) is 83.6 Å². The molecule has 16 heavy (non-hydrogen) atoms. The Morgan fingerprint density at radius 2 is 1.00 bits per heavy atom. The molecule has 6 nitrogen and oxygen atoms in total. The van der Waals surface area contributed by atoms with Crippen molar-refractivity contribution in [1.29, 1.82) is 0 Å². The van der Waals surface area contributed by atoms with Crippen molar-refractivity contribution in [2.75, 3.05) is 0 Å². The van der Waals surface area contributed by atoms with Crippen LogP contribution < -0.4 is 0 Å². The van der Waals surface area contributed by atoms with Crippen LogP contribution in [0.2, 0.25) is 0 Å². The largest absolute Gasteiger partial charge is 0.286 e. The van der Waals surface area contributed by atoms with E-state index < -0.39 is 0 Å². The molecule has 0 amide bonds. The highest BCUT2D eigenvalue weighted by atomic mass is 16.3. The van der Waals surface area contributed by atoms with Crippen molar-refractivity contribution in [2.45, 2.75) is 51.9 Å². The van der Waals surface area contributed by atoms with Crippen molar-refractivity contribution in [2.24, 2.45) is 20.3 Å². The Labute approximate surface area is 95.2 Å². The zero-order valence-corrected chi connectivity index (χ0v) is 10.1. The Hall–Kier alpha value is -1.46. The molecule has 0 aliphatic carbocycles. The van der Waals surface area contributed by atoms with E-state index in [2.05, 4.69) is 20.3 Å². The first-order chi connectivity index (χ1) is 7.52. The summed E-state index contributed by atoms with van der Waals surface area (Å²) in [4.78, 5) is 28.6. The zero-order chi connectivity index (χ0) is 12.6. The molecule has 0 saturated heterocycles. The maximum atomic E-state index is 10.2. The highest BCUT2D eigenvalue weighted by Gasteiger charge is 2.10. The van der Waals surface area contributed by atoms with Crippen molar-refractivity contribution in [1.82, 2.24) is 0 Å². The Kier molecular flexibility index (Phi) is 7.07. The second-order valence-corrected chi connectivity index (χ2v) is 3.77. The third-order valence-corrected chi connectivity index (χ3v) is 2.44. The summed E-state index contributed by atoms with van der Waals surface area (Å²) in [6.45, 7) is 7.01. The second kappa shape index (κ2) is 7.78. The molecule has 0 rings (SSSR count). The van der Waals surface area contributed by atoms with E-state index in [1.807, 2.05) is 0 Å². The molecule has 0 aliphatic rings. The van der Waals surface area contributed by atoms with Crippen LogP contribution in [0, 0.1) is 9.81 Å². The molecule has 0 heterocycles. The SMILES string of the molecule is CC(N=O)C(C)N=CC=NC(C)C(C)N=O. The number of hydrogen-bond donors (Lipinski definition) is 0. The summed E-state index contributed by atoms with van der Waals surface area (Å²) in [5, 5.41) is 5.76. The molecule has 0 aromatic heterocycles. The van der Waals surface area contributed by atoms with Crippen LogP contribution in [0.1, 0.15) is 27.7 Å². The molecule has 0 aliphatic heterocycles. The highest BCUT2D eigenvalue weighted by molar-refractivity contribution is 6.16. The van der Waals surface area contributed by atoms with Gasteiger partial charge in [0.25, 0.3) is 0 Å². The fourth-order valence-corrected chi connectivity index (χ4v) is 0.774. The summed E-state index contributed by atoms with van der Waals surface area (Å²) in [6.07, 6.45) is 3.03. The molecule has 0 aromatic carbocycles. The van der Waals surface area contributed by atoms with Crippen LogP contribution >= 0.6 is 0 Å². The number of nitroso groups, excluding NO2 is 2. The fourth-order valence-electron chi connectivity index (χ4n) is 0.774. The lowest BCUT2D eigenvalue weighted by molar-refractivity contribution is 0.604. The Bertz CT molecular complexity index is 250. The van der Waals surface area contributed by atoms with Crippen LogP contribution in [0.25, 0.3) is 0 Å². The highest BCUT2D eigenvalue weighted by Crippen LogP contribution is 2.01. The van der Waals surface area contributed by atoms with E-state index in [0.717, 1.165) is 0 Å². The average molecular weight is 226 g/mol. The second-order valence-electron chi connectivity index (χ2n) is 3.77. The summed E-state index contributed by atoms with van der Waals surface area (Å²) in [7, 11) is 0. The minimum Gasteiger partial charge on any atom is -0.286 e. The monoisotopic (exact) mass is 226 g/mol. The van der Waals surface area contributed by atoms with Crippen molar-refractivity contribution in [3.05, 3.63) is 9.81 Å². The Morgan fingerprint density at radius 3 is 1.25 bits per heavy atom. The quantitative estimate of drug-likeness (QED) is 0.492. The van der Waals surface area contributed by atoms with Gasteiger partial charge in [-0.2, -0.15) is 9.81 Å². The van der Waals surface area contributed by atoms with Crippen LogP contribution in [0.3, 0.4) is 0 Å². The third kappa shape index (κ3) is 5.43. The number of hydrogen-bond acceptors (Lipinski definition) is 6. The molecule has 0 saturated carbocycles. The maximum Gasteiger partial charge on any atom is 0.111 e. The molecule has 0 radical (unpaired) electrons. The van der Waals surface area contributed by atoms with Crippen molar-refractivity contribution >= 4 is 12.4 Å². The molecule has 90 valence electrons. The molecular formula is C10H18N4O2. The van der Waals surface area contributed by atoms with Gasteiger partial charge in [-0.1, -0.05) is 10.4 Å². The van der Waals surface area contributed by atoms with Gasteiger partial charge in [0, 0.05) is 12.4 Å². The van der Waals surface area contributed by atoms with Gasteiger partial charge in [0.1, 0.15) is 12.1 Å². The van der Waals surface area contributed by atoms with Gasteiger partial charge >= 0.3 is 0 Å². The normalized spacial score (nSPS) is 19.5. The minimum atomic E-state index is -0.349. The predicted molar refractivity (Wildman–Crippen MR) is 66.4 cm³/mol. The smallest absolute Gasteiger partial charge is 0.111 e. The molecule has 4 atom stereocenters. The maximum absolute atomic E-state index is 10.2. The number of aliphatic imine (C=N–C) groups is 2. The van der Waals surface area contributed by atoms with E-state index in [1.165, 1.54) is 12.4 Å². The standard InChI is InChI=1S/C10H18N4O2/c1-7(9(3)13-15)11-5-6-12-8(2)10(4)14-16/h5-10H,1-4H3. The first-order valence-corrected chi connectivity index (χ1v) is 5.22. The number of nitrogens with zero attached hydrogens (tertiary/aromatic N) is 4. The van der Waals surface area contributed by atoms with Crippen LogP contribution in [-0.4, -0.2) is 36.6 Å². The van der Waals surface area contributed by atoms with Crippen LogP contribution in [-0.2, 0) is 0 Å². The third-order valence-electron chi connectivity index (χ3n) is 2.44. The van der Waals surface area contributed by atoms with E-state index >= 15 is 0 Å². The Morgan fingerprint density at radius 1 is 0.688 bits per heavy atom. The Balaban J connectivity index is 4.13. The summed E-state index contributed by atoms with van der Waals surface area (Å²) in [5.74, 6) is 0. The summed E-state index contributed by atoms with van der Waals surface area (Å²) >= 11 is 0. The van der Waals surface area contributed by atoms with Gasteiger partial charge in [-0.3, -0.25) is 9.98 Å². The van der Waals surface area contributed by atoms with Crippen molar-refractivity contribution in [3.8, 4) is 0 Å². The lowest BCUT2D eigenvalue weighted by atomic mass is 10.2. The first kappa shape index (κ1) is 14.5. The minimum absolute atomic E-state index is 0.166. The van der Waals surface area contributed by atoms with Gasteiger partial charge < -0.3 is 0 Å². The average Bonchev–Trinajstić information content (AvgIpc) is 2.31. The molecule has 0 bridgehead atoms.